The van der Waals surface area contributed by atoms with Gasteiger partial charge in [-0.2, -0.15) is 0 Å². The fourth-order valence-electron chi connectivity index (χ4n) is 2.95. The van der Waals surface area contributed by atoms with Crippen LogP contribution in [-0.2, 0) is 9.47 Å². The van der Waals surface area contributed by atoms with Crippen molar-refractivity contribution >= 4 is 11.7 Å². The van der Waals surface area contributed by atoms with E-state index >= 15 is 0 Å². The number of rotatable bonds is 4. The molecule has 0 heterocycles. The van der Waals surface area contributed by atoms with E-state index in [1.807, 2.05) is 31.3 Å². The normalized spacial score (nSPS) is 22.4. The summed E-state index contributed by atoms with van der Waals surface area (Å²) in [7, 11) is 5.24. The van der Waals surface area contributed by atoms with Crippen LogP contribution in [0.4, 0.5) is 5.69 Å². The van der Waals surface area contributed by atoms with Gasteiger partial charge in [-0.3, -0.25) is 0 Å². The summed E-state index contributed by atoms with van der Waals surface area (Å²) in [5.41, 5.74) is 1.55. The molecule has 1 fully saturated rings. The summed E-state index contributed by atoms with van der Waals surface area (Å²) in [5, 5.41) is 0. The van der Waals surface area contributed by atoms with Gasteiger partial charge in [0.1, 0.15) is 0 Å². The zero-order chi connectivity index (χ0) is 14.5. The molecule has 0 amide bonds. The van der Waals surface area contributed by atoms with Gasteiger partial charge >= 0.3 is 5.97 Å². The smallest absolute Gasteiger partial charge is 0.339 e. The van der Waals surface area contributed by atoms with Crippen molar-refractivity contribution in [3.05, 3.63) is 29.8 Å². The Kier molecular flexibility index (Phi) is 5.01. The molecule has 1 saturated carbocycles. The second-order valence-electron chi connectivity index (χ2n) is 5.30. The standard InChI is InChI=1S/C16H23NO3/c1-17(12-7-6-8-13(11-12)19-2)15-10-5-4-9-14(15)16(18)20-3/h4-5,9-10,12-13H,6-8,11H2,1-3H3. The van der Waals surface area contributed by atoms with Crippen molar-refractivity contribution in [1.82, 2.24) is 0 Å². The molecule has 2 atom stereocenters. The summed E-state index contributed by atoms with van der Waals surface area (Å²) < 4.78 is 10.4. The highest BCUT2D eigenvalue weighted by molar-refractivity contribution is 5.95. The van der Waals surface area contributed by atoms with Gasteiger partial charge in [-0.05, 0) is 37.8 Å². The fraction of sp³-hybridized carbons (Fsp3) is 0.562. The molecule has 0 saturated heterocycles. The van der Waals surface area contributed by atoms with Gasteiger partial charge in [0.25, 0.3) is 0 Å². The van der Waals surface area contributed by atoms with Crippen LogP contribution in [0.5, 0.6) is 0 Å². The van der Waals surface area contributed by atoms with E-state index in [0.717, 1.165) is 31.4 Å². The number of hydrogen-bond acceptors (Lipinski definition) is 4. The van der Waals surface area contributed by atoms with Crippen molar-refractivity contribution in [1.29, 1.82) is 0 Å². The second-order valence-corrected chi connectivity index (χ2v) is 5.30. The Labute approximate surface area is 120 Å². The first-order chi connectivity index (χ1) is 9.67. The molecule has 1 aromatic carbocycles. The lowest BCUT2D eigenvalue weighted by atomic mass is 9.91. The van der Waals surface area contributed by atoms with Crippen LogP contribution in [0.1, 0.15) is 36.0 Å². The predicted molar refractivity (Wildman–Crippen MR) is 79.2 cm³/mol. The first kappa shape index (κ1) is 14.9. The highest BCUT2D eigenvalue weighted by Gasteiger charge is 2.26. The molecule has 20 heavy (non-hydrogen) atoms. The van der Waals surface area contributed by atoms with Crippen molar-refractivity contribution < 1.29 is 14.3 Å². The largest absolute Gasteiger partial charge is 0.465 e. The van der Waals surface area contributed by atoms with E-state index in [0.29, 0.717) is 17.7 Å². The number of anilines is 1. The molecule has 4 heteroatoms. The van der Waals surface area contributed by atoms with Crippen LogP contribution in [0.25, 0.3) is 0 Å². The van der Waals surface area contributed by atoms with Gasteiger partial charge in [-0.25, -0.2) is 4.79 Å². The third-order valence-corrected chi connectivity index (χ3v) is 4.17. The molecule has 110 valence electrons. The molecule has 0 spiro atoms. The summed E-state index contributed by atoms with van der Waals surface area (Å²) in [5.74, 6) is -0.286. The minimum absolute atomic E-state index is 0.286. The SMILES string of the molecule is COC(=O)c1ccccc1N(C)C1CCCC(OC)C1. The molecular formula is C16H23NO3. The Morgan fingerprint density at radius 2 is 2.00 bits per heavy atom. The minimum atomic E-state index is -0.286. The zero-order valence-corrected chi connectivity index (χ0v) is 12.5. The topological polar surface area (TPSA) is 38.8 Å². The number of methoxy groups -OCH3 is 2. The number of hydrogen-bond donors (Lipinski definition) is 0. The summed E-state index contributed by atoms with van der Waals surface area (Å²) in [4.78, 5) is 14.1. The lowest BCUT2D eigenvalue weighted by molar-refractivity contribution is 0.0599. The fourth-order valence-corrected chi connectivity index (χ4v) is 2.95. The van der Waals surface area contributed by atoms with Crippen LogP contribution in [-0.4, -0.2) is 39.4 Å². The van der Waals surface area contributed by atoms with Gasteiger partial charge in [-0.15, -0.1) is 0 Å². The average molecular weight is 277 g/mol. The number of esters is 1. The Hall–Kier alpha value is -1.55. The van der Waals surface area contributed by atoms with Crippen molar-refractivity contribution in [3.8, 4) is 0 Å². The lowest BCUT2D eigenvalue weighted by Gasteiger charge is -2.36. The van der Waals surface area contributed by atoms with E-state index in [2.05, 4.69) is 4.90 Å². The number of benzene rings is 1. The average Bonchev–Trinajstić information content (AvgIpc) is 2.53. The van der Waals surface area contributed by atoms with E-state index in [9.17, 15) is 4.79 Å². The molecule has 0 N–H and O–H groups in total. The van der Waals surface area contributed by atoms with E-state index < -0.39 is 0 Å². The third-order valence-electron chi connectivity index (χ3n) is 4.17. The maximum atomic E-state index is 11.9. The molecule has 1 aliphatic carbocycles. The van der Waals surface area contributed by atoms with Crippen LogP contribution < -0.4 is 4.90 Å². The first-order valence-corrected chi connectivity index (χ1v) is 7.10. The molecular weight excluding hydrogens is 254 g/mol. The predicted octanol–water partition coefficient (Wildman–Crippen LogP) is 2.87. The van der Waals surface area contributed by atoms with Crippen molar-refractivity contribution in [2.24, 2.45) is 0 Å². The molecule has 0 radical (unpaired) electrons. The third kappa shape index (κ3) is 3.12. The van der Waals surface area contributed by atoms with Crippen molar-refractivity contribution in [2.75, 3.05) is 26.2 Å². The molecule has 0 aromatic heterocycles. The lowest BCUT2D eigenvalue weighted by Crippen LogP contribution is -2.39. The number of carbonyl (C=O) groups excluding carboxylic acids is 1. The Bertz CT molecular complexity index is 461. The first-order valence-electron chi connectivity index (χ1n) is 7.10. The van der Waals surface area contributed by atoms with Crippen LogP contribution >= 0.6 is 0 Å². The molecule has 1 aromatic rings. The molecule has 4 nitrogen and oxygen atoms in total. The summed E-state index contributed by atoms with van der Waals surface area (Å²) in [6.45, 7) is 0. The molecule has 0 bridgehead atoms. The molecule has 2 rings (SSSR count). The highest BCUT2D eigenvalue weighted by atomic mass is 16.5. The summed E-state index contributed by atoms with van der Waals surface area (Å²) in [6.07, 6.45) is 4.74. The van der Waals surface area contributed by atoms with Crippen LogP contribution in [0.3, 0.4) is 0 Å². The maximum Gasteiger partial charge on any atom is 0.339 e. The van der Waals surface area contributed by atoms with Crippen LogP contribution in [0.2, 0.25) is 0 Å². The second kappa shape index (κ2) is 6.75. The van der Waals surface area contributed by atoms with E-state index in [1.54, 1.807) is 7.11 Å². The molecule has 2 unspecified atom stereocenters. The minimum Gasteiger partial charge on any atom is -0.465 e. The quantitative estimate of drug-likeness (QED) is 0.793. The molecule has 0 aliphatic heterocycles. The van der Waals surface area contributed by atoms with E-state index in [-0.39, 0.29) is 5.97 Å². The van der Waals surface area contributed by atoms with Gasteiger partial charge in [0.2, 0.25) is 0 Å². The van der Waals surface area contributed by atoms with Crippen molar-refractivity contribution in [3.63, 3.8) is 0 Å². The maximum absolute atomic E-state index is 11.9. The summed E-state index contributed by atoms with van der Waals surface area (Å²) >= 11 is 0. The van der Waals surface area contributed by atoms with Gasteiger partial charge in [0, 0.05) is 20.2 Å². The van der Waals surface area contributed by atoms with Gasteiger partial charge in [0.15, 0.2) is 0 Å². The van der Waals surface area contributed by atoms with Crippen molar-refractivity contribution in [2.45, 2.75) is 37.8 Å². The highest BCUT2D eigenvalue weighted by Crippen LogP contribution is 2.29. The number of para-hydroxylation sites is 1. The van der Waals surface area contributed by atoms with E-state index in [1.165, 1.54) is 7.11 Å². The monoisotopic (exact) mass is 277 g/mol. The summed E-state index contributed by atoms with van der Waals surface area (Å²) in [6, 6.07) is 8.01. The number of carbonyl (C=O) groups is 1. The number of nitrogens with zero attached hydrogens (tertiary/aromatic N) is 1. The molecule has 1 aliphatic rings. The van der Waals surface area contributed by atoms with Crippen LogP contribution in [0.15, 0.2) is 24.3 Å². The Morgan fingerprint density at radius 1 is 1.25 bits per heavy atom. The van der Waals surface area contributed by atoms with Crippen LogP contribution in [0, 0.1) is 0 Å². The number of ether oxygens (including phenoxy) is 2. The zero-order valence-electron chi connectivity index (χ0n) is 12.5. The van der Waals surface area contributed by atoms with Gasteiger partial charge < -0.3 is 14.4 Å². The Balaban J connectivity index is 2.20. The Morgan fingerprint density at radius 3 is 2.70 bits per heavy atom. The van der Waals surface area contributed by atoms with E-state index in [4.69, 9.17) is 9.47 Å². The van der Waals surface area contributed by atoms with Gasteiger partial charge in [-0.1, -0.05) is 12.1 Å². The van der Waals surface area contributed by atoms with Gasteiger partial charge in [0.05, 0.1) is 24.5 Å².